The third-order valence-electron chi connectivity index (χ3n) is 3.57. The zero-order valence-electron chi connectivity index (χ0n) is 11.7. The number of fused-ring (bicyclic) bond motifs is 1. The minimum atomic E-state index is -0.925. The molecule has 0 radical (unpaired) electrons. The quantitative estimate of drug-likeness (QED) is 0.783. The number of nitrogens with zero attached hydrogens (tertiary/aromatic N) is 2. The number of rotatable bonds is 5. The number of aryl methyl sites for hydroxylation is 3. The number of aromatic nitrogens is 2. The number of thiophene rings is 1. The summed E-state index contributed by atoms with van der Waals surface area (Å²) in [6.07, 6.45) is 1.73. The summed E-state index contributed by atoms with van der Waals surface area (Å²) in [4.78, 5) is 17.2. The third kappa shape index (κ3) is 2.56. The fraction of sp³-hybridized carbons (Fsp3) is 0.250. The molecule has 0 aliphatic heterocycles. The Hall–Kier alpha value is -2.14. The summed E-state index contributed by atoms with van der Waals surface area (Å²) in [5, 5.41) is 11.4. The fourth-order valence-electron chi connectivity index (χ4n) is 2.56. The van der Waals surface area contributed by atoms with Crippen LogP contribution in [0.1, 0.15) is 28.0 Å². The number of imidazole rings is 1. The van der Waals surface area contributed by atoms with Crippen LogP contribution in [-0.4, -0.2) is 20.6 Å². The monoisotopic (exact) mass is 300 g/mol. The smallest absolute Gasteiger partial charge is 0.337 e. The van der Waals surface area contributed by atoms with Crippen molar-refractivity contribution >= 4 is 28.3 Å². The van der Waals surface area contributed by atoms with Crippen LogP contribution in [0.3, 0.4) is 0 Å². The molecule has 5 heteroatoms. The number of carboxylic acid groups (broad SMARTS) is 1. The van der Waals surface area contributed by atoms with Crippen molar-refractivity contribution in [1.82, 2.24) is 9.55 Å². The summed E-state index contributed by atoms with van der Waals surface area (Å²) in [6, 6.07) is 9.52. The van der Waals surface area contributed by atoms with Crippen LogP contribution in [0.2, 0.25) is 0 Å². The second kappa shape index (κ2) is 5.69. The van der Waals surface area contributed by atoms with Crippen molar-refractivity contribution < 1.29 is 9.90 Å². The van der Waals surface area contributed by atoms with E-state index >= 15 is 0 Å². The molecule has 3 rings (SSSR count). The van der Waals surface area contributed by atoms with Crippen molar-refractivity contribution in [1.29, 1.82) is 0 Å². The van der Waals surface area contributed by atoms with E-state index < -0.39 is 5.97 Å². The van der Waals surface area contributed by atoms with Crippen LogP contribution in [0.15, 0.2) is 35.7 Å². The van der Waals surface area contributed by atoms with Gasteiger partial charge in [0, 0.05) is 17.8 Å². The second-order valence-electron chi connectivity index (χ2n) is 4.84. The van der Waals surface area contributed by atoms with E-state index in [4.69, 9.17) is 0 Å². The van der Waals surface area contributed by atoms with Gasteiger partial charge in [0.1, 0.15) is 11.3 Å². The summed E-state index contributed by atoms with van der Waals surface area (Å²) < 4.78 is 2.14. The van der Waals surface area contributed by atoms with Crippen molar-refractivity contribution in [3.05, 3.63) is 52.0 Å². The number of carbonyl (C=O) groups is 1. The molecule has 3 aromatic rings. The van der Waals surface area contributed by atoms with E-state index in [1.165, 1.54) is 4.88 Å². The van der Waals surface area contributed by atoms with Crippen molar-refractivity contribution in [2.75, 3.05) is 0 Å². The van der Waals surface area contributed by atoms with Crippen LogP contribution in [0.25, 0.3) is 11.0 Å². The van der Waals surface area contributed by atoms with Crippen LogP contribution >= 0.6 is 11.3 Å². The molecule has 0 saturated carbocycles. The predicted octanol–water partition coefficient (Wildman–Crippen LogP) is 3.60. The topological polar surface area (TPSA) is 55.1 Å². The zero-order valence-corrected chi connectivity index (χ0v) is 12.6. The summed E-state index contributed by atoms with van der Waals surface area (Å²) in [6.45, 7) is 2.87. The Morgan fingerprint density at radius 2 is 2.19 bits per heavy atom. The minimum absolute atomic E-state index is 0.275. The highest BCUT2D eigenvalue weighted by atomic mass is 32.1. The van der Waals surface area contributed by atoms with Crippen LogP contribution in [0, 0.1) is 0 Å². The van der Waals surface area contributed by atoms with Gasteiger partial charge in [0.2, 0.25) is 0 Å². The normalized spacial score (nSPS) is 11.1. The first kappa shape index (κ1) is 13.8. The van der Waals surface area contributed by atoms with Crippen molar-refractivity contribution in [3.8, 4) is 0 Å². The maximum atomic E-state index is 11.3. The van der Waals surface area contributed by atoms with Gasteiger partial charge in [0.15, 0.2) is 0 Å². The lowest BCUT2D eigenvalue weighted by Crippen LogP contribution is -2.05. The highest BCUT2D eigenvalue weighted by Gasteiger charge is 2.15. The lowest BCUT2D eigenvalue weighted by molar-refractivity contribution is 0.0699. The number of benzene rings is 1. The molecule has 21 heavy (non-hydrogen) atoms. The Morgan fingerprint density at radius 1 is 1.33 bits per heavy atom. The molecule has 1 N–H and O–H groups in total. The van der Waals surface area contributed by atoms with Gasteiger partial charge in [-0.25, -0.2) is 9.78 Å². The molecule has 0 bridgehead atoms. The molecule has 0 atom stereocenters. The summed E-state index contributed by atoms with van der Waals surface area (Å²) in [5.41, 5.74) is 1.77. The Balaban J connectivity index is 2.04. The third-order valence-corrected chi connectivity index (χ3v) is 4.50. The highest BCUT2D eigenvalue weighted by Crippen LogP contribution is 2.22. The van der Waals surface area contributed by atoms with Gasteiger partial charge in [-0.1, -0.05) is 19.1 Å². The largest absolute Gasteiger partial charge is 0.478 e. The van der Waals surface area contributed by atoms with Crippen molar-refractivity contribution in [2.45, 2.75) is 26.3 Å². The van der Waals surface area contributed by atoms with Gasteiger partial charge < -0.3 is 9.67 Å². The maximum Gasteiger partial charge on any atom is 0.337 e. The summed E-state index contributed by atoms with van der Waals surface area (Å²) in [7, 11) is 0. The molecule has 1 aromatic carbocycles. The lowest BCUT2D eigenvalue weighted by atomic mass is 10.2. The van der Waals surface area contributed by atoms with E-state index in [9.17, 15) is 9.90 Å². The van der Waals surface area contributed by atoms with Crippen molar-refractivity contribution in [2.24, 2.45) is 0 Å². The minimum Gasteiger partial charge on any atom is -0.478 e. The molecule has 0 aliphatic carbocycles. The number of para-hydroxylation sites is 1. The van der Waals surface area contributed by atoms with Crippen molar-refractivity contribution in [3.63, 3.8) is 0 Å². The molecule has 0 fully saturated rings. The van der Waals surface area contributed by atoms with Crippen LogP contribution in [-0.2, 0) is 19.4 Å². The second-order valence-corrected chi connectivity index (χ2v) is 5.87. The number of aromatic carboxylic acids is 1. The van der Waals surface area contributed by atoms with Crippen LogP contribution < -0.4 is 0 Å². The van der Waals surface area contributed by atoms with Crippen LogP contribution in [0.4, 0.5) is 0 Å². The maximum absolute atomic E-state index is 11.3. The Kier molecular flexibility index (Phi) is 3.75. The molecule has 0 amide bonds. The van der Waals surface area contributed by atoms with Gasteiger partial charge in [0.05, 0.1) is 11.1 Å². The molecule has 4 nitrogen and oxygen atoms in total. The first-order chi connectivity index (χ1) is 10.2. The van der Waals surface area contributed by atoms with Gasteiger partial charge in [-0.15, -0.1) is 11.3 Å². The van der Waals surface area contributed by atoms with E-state index in [1.807, 2.05) is 13.0 Å². The number of hydrogen-bond donors (Lipinski definition) is 1. The van der Waals surface area contributed by atoms with E-state index in [-0.39, 0.29) is 5.56 Å². The average molecular weight is 300 g/mol. The van der Waals surface area contributed by atoms with Crippen LogP contribution in [0.5, 0.6) is 0 Å². The lowest BCUT2D eigenvalue weighted by Gasteiger charge is -2.07. The first-order valence-electron chi connectivity index (χ1n) is 6.94. The predicted molar refractivity (Wildman–Crippen MR) is 84.1 cm³/mol. The fourth-order valence-corrected chi connectivity index (χ4v) is 3.26. The molecule has 0 spiro atoms. The van der Waals surface area contributed by atoms with Gasteiger partial charge in [-0.2, -0.15) is 0 Å². The summed E-state index contributed by atoms with van der Waals surface area (Å²) >= 11 is 1.74. The molecule has 2 heterocycles. The van der Waals surface area contributed by atoms with Gasteiger partial charge in [-0.05, 0) is 30.0 Å². The van der Waals surface area contributed by atoms with E-state index in [2.05, 4.69) is 27.1 Å². The number of carboxylic acids is 1. The standard InChI is InChI=1S/C16H16N2O2S/c1-2-14-17-15-12(16(19)20)6-3-7-13(15)18(14)9-8-11-5-4-10-21-11/h3-7,10H,2,8-9H2,1H3,(H,19,20). The summed E-state index contributed by atoms with van der Waals surface area (Å²) in [5.74, 6) is 0.0152. The van der Waals surface area contributed by atoms with Gasteiger partial charge in [-0.3, -0.25) is 0 Å². The Labute approximate surface area is 126 Å². The highest BCUT2D eigenvalue weighted by molar-refractivity contribution is 7.09. The van der Waals surface area contributed by atoms with Gasteiger partial charge >= 0.3 is 5.97 Å². The van der Waals surface area contributed by atoms with E-state index in [0.717, 1.165) is 30.7 Å². The molecule has 108 valence electrons. The average Bonchev–Trinajstić information content (AvgIpc) is 3.11. The van der Waals surface area contributed by atoms with Gasteiger partial charge in [0.25, 0.3) is 0 Å². The first-order valence-corrected chi connectivity index (χ1v) is 7.82. The molecule has 2 aromatic heterocycles. The molecular weight excluding hydrogens is 284 g/mol. The molecule has 0 saturated heterocycles. The SMILES string of the molecule is CCc1nc2c(C(=O)O)cccc2n1CCc1cccs1. The number of hydrogen-bond acceptors (Lipinski definition) is 3. The molecule has 0 aliphatic rings. The molecule has 0 unspecified atom stereocenters. The van der Waals surface area contributed by atoms with E-state index in [1.54, 1.807) is 23.5 Å². The van der Waals surface area contributed by atoms with E-state index in [0.29, 0.717) is 5.52 Å². The molecular formula is C16H16N2O2S. The Bertz CT molecular complexity index is 775. The zero-order chi connectivity index (χ0) is 14.8. The Morgan fingerprint density at radius 3 is 2.86 bits per heavy atom.